The smallest absolute Gasteiger partial charge is 0.242 e. The molecule has 1 aliphatic rings. The lowest BCUT2D eigenvalue weighted by atomic mass is 10.2. The van der Waals surface area contributed by atoms with Crippen molar-refractivity contribution in [3.63, 3.8) is 0 Å². The number of carbonyl (C=O) groups is 2. The number of thiocarbonyl (C=S) groups is 1. The number of anilines is 2. The monoisotopic (exact) mass is 330 g/mol. The number of hydrogen-bond acceptors (Lipinski definition) is 3. The minimum atomic E-state index is -0.357. The maximum absolute atomic E-state index is 12.3. The Labute approximate surface area is 137 Å². The van der Waals surface area contributed by atoms with Crippen LogP contribution in [0.3, 0.4) is 0 Å². The number of nitrogens with zero attached hydrogens (tertiary/aromatic N) is 2. The fraction of sp³-hybridized carbons (Fsp3) is 0.0625. The van der Waals surface area contributed by atoms with Crippen molar-refractivity contribution < 1.29 is 9.59 Å². The van der Waals surface area contributed by atoms with Crippen molar-refractivity contribution in [3.05, 3.63) is 59.6 Å². The highest BCUT2D eigenvalue weighted by molar-refractivity contribution is 7.81. The summed E-state index contributed by atoms with van der Waals surface area (Å²) >= 11 is 11.4. The zero-order valence-electron chi connectivity index (χ0n) is 11.4. The van der Waals surface area contributed by atoms with Gasteiger partial charge in [0.05, 0.1) is 11.4 Å². The summed E-state index contributed by atoms with van der Waals surface area (Å²) in [5, 5.41) is 0.631. The molecule has 0 N–H and O–H groups in total. The summed E-state index contributed by atoms with van der Waals surface area (Å²) in [5.41, 5.74) is 1.19. The van der Waals surface area contributed by atoms with Gasteiger partial charge >= 0.3 is 0 Å². The number of rotatable bonds is 2. The first-order valence-electron chi connectivity index (χ1n) is 6.58. The van der Waals surface area contributed by atoms with Crippen LogP contribution in [0.25, 0.3) is 0 Å². The van der Waals surface area contributed by atoms with Crippen molar-refractivity contribution in [1.82, 2.24) is 0 Å². The molecule has 0 saturated carbocycles. The number of carbonyl (C=O) groups excluding carboxylic acids is 2. The summed E-state index contributed by atoms with van der Waals surface area (Å²) in [6.45, 7) is 0. The first-order valence-corrected chi connectivity index (χ1v) is 7.37. The highest BCUT2D eigenvalue weighted by Crippen LogP contribution is 2.27. The van der Waals surface area contributed by atoms with Gasteiger partial charge < -0.3 is 0 Å². The second kappa shape index (κ2) is 5.87. The topological polar surface area (TPSA) is 40.6 Å². The lowest BCUT2D eigenvalue weighted by molar-refractivity contribution is -0.126. The molecule has 0 radical (unpaired) electrons. The van der Waals surface area contributed by atoms with E-state index in [1.807, 2.05) is 18.2 Å². The molecule has 2 amide bonds. The Bertz CT molecular complexity index is 764. The van der Waals surface area contributed by atoms with Gasteiger partial charge in [0.2, 0.25) is 11.8 Å². The van der Waals surface area contributed by atoms with Crippen LogP contribution in [0.15, 0.2) is 54.6 Å². The van der Waals surface area contributed by atoms with E-state index in [9.17, 15) is 9.59 Å². The first kappa shape index (κ1) is 14.7. The average molecular weight is 331 g/mol. The molecule has 1 saturated heterocycles. The van der Waals surface area contributed by atoms with Crippen LogP contribution in [0.4, 0.5) is 11.4 Å². The Morgan fingerprint density at radius 1 is 0.864 bits per heavy atom. The number of halogens is 1. The van der Waals surface area contributed by atoms with Crippen molar-refractivity contribution in [2.75, 3.05) is 9.80 Å². The third-order valence-corrected chi connectivity index (χ3v) is 3.86. The molecule has 3 rings (SSSR count). The van der Waals surface area contributed by atoms with Crippen molar-refractivity contribution in [3.8, 4) is 0 Å². The molecule has 0 aliphatic carbocycles. The fourth-order valence-electron chi connectivity index (χ4n) is 2.30. The summed E-state index contributed by atoms with van der Waals surface area (Å²) in [5.74, 6) is -0.691. The maximum atomic E-state index is 12.3. The quantitative estimate of drug-likeness (QED) is 0.626. The molecule has 0 atom stereocenters. The minimum absolute atomic E-state index is 0.134. The second-order valence-electron chi connectivity index (χ2n) is 4.73. The fourth-order valence-corrected chi connectivity index (χ4v) is 2.90. The van der Waals surface area contributed by atoms with Gasteiger partial charge in [0.25, 0.3) is 0 Å². The third-order valence-electron chi connectivity index (χ3n) is 3.26. The highest BCUT2D eigenvalue weighted by Gasteiger charge is 2.36. The normalized spacial score (nSPS) is 15.4. The van der Waals surface area contributed by atoms with E-state index >= 15 is 0 Å². The SMILES string of the molecule is O=C1CC(=O)N(c2cccc(Cl)c2)C(=S)N1c1ccccc1. The molecule has 4 nitrogen and oxygen atoms in total. The zero-order chi connectivity index (χ0) is 15.7. The number of para-hydroxylation sites is 1. The number of benzene rings is 2. The largest absolute Gasteiger partial charge is 0.273 e. The van der Waals surface area contributed by atoms with Gasteiger partial charge in [-0.1, -0.05) is 35.9 Å². The highest BCUT2D eigenvalue weighted by atomic mass is 35.5. The third kappa shape index (κ3) is 2.61. The van der Waals surface area contributed by atoms with E-state index in [0.717, 1.165) is 0 Å². The first-order chi connectivity index (χ1) is 10.6. The molecule has 2 aromatic rings. The van der Waals surface area contributed by atoms with Gasteiger partial charge in [-0.05, 0) is 42.5 Å². The van der Waals surface area contributed by atoms with Gasteiger partial charge in [-0.2, -0.15) is 0 Å². The lowest BCUT2D eigenvalue weighted by Crippen LogP contribution is -2.55. The Morgan fingerprint density at radius 2 is 1.45 bits per heavy atom. The molecule has 1 heterocycles. The van der Waals surface area contributed by atoms with Gasteiger partial charge in [0, 0.05) is 5.02 Å². The molecule has 0 spiro atoms. The molecule has 2 aromatic carbocycles. The summed E-state index contributed by atoms with van der Waals surface area (Å²) < 4.78 is 0. The van der Waals surface area contributed by atoms with Crippen molar-refractivity contribution >= 4 is 52.1 Å². The maximum Gasteiger partial charge on any atom is 0.242 e. The van der Waals surface area contributed by atoms with Crippen LogP contribution < -0.4 is 9.80 Å². The molecular weight excluding hydrogens is 320 g/mol. The van der Waals surface area contributed by atoms with Crippen molar-refractivity contribution in [1.29, 1.82) is 0 Å². The van der Waals surface area contributed by atoms with Gasteiger partial charge in [-0.3, -0.25) is 19.4 Å². The molecule has 6 heteroatoms. The summed E-state index contributed by atoms with van der Waals surface area (Å²) in [7, 11) is 0. The summed E-state index contributed by atoms with van der Waals surface area (Å²) in [4.78, 5) is 27.2. The molecular formula is C16H11ClN2O2S. The van der Waals surface area contributed by atoms with Crippen LogP contribution in [0.5, 0.6) is 0 Å². The number of hydrogen-bond donors (Lipinski definition) is 0. The van der Waals surface area contributed by atoms with Crippen LogP contribution >= 0.6 is 23.8 Å². The van der Waals surface area contributed by atoms with Crippen LogP contribution in [0.2, 0.25) is 5.02 Å². The Morgan fingerprint density at radius 3 is 2.09 bits per heavy atom. The van der Waals surface area contributed by atoms with Crippen LogP contribution in [-0.2, 0) is 9.59 Å². The van der Waals surface area contributed by atoms with Crippen LogP contribution in [-0.4, -0.2) is 16.9 Å². The Hall–Kier alpha value is -2.24. The lowest BCUT2D eigenvalue weighted by Gasteiger charge is -2.35. The Kier molecular flexibility index (Phi) is 3.92. The number of amides is 2. The van der Waals surface area contributed by atoms with Crippen molar-refractivity contribution in [2.45, 2.75) is 6.42 Å². The predicted octanol–water partition coefficient (Wildman–Crippen LogP) is 3.39. The molecule has 1 fully saturated rings. The standard InChI is InChI=1S/C16H11ClN2O2S/c17-11-5-4-8-13(9-11)19-15(21)10-14(20)18(16(19)22)12-6-2-1-3-7-12/h1-9H,10H2. The molecule has 0 unspecified atom stereocenters. The molecule has 110 valence electrons. The zero-order valence-corrected chi connectivity index (χ0v) is 13.0. The van der Waals surface area contributed by atoms with Gasteiger partial charge in [0.15, 0.2) is 5.11 Å². The second-order valence-corrected chi connectivity index (χ2v) is 5.53. The Balaban J connectivity index is 2.03. The van der Waals surface area contributed by atoms with Gasteiger partial charge in [0.1, 0.15) is 6.42 Å². The van der Waals surface area contributed by atoms with Gasteiger partial charge in [-0.25, -0.2) is 0 Å². The van der Waals surface area contributed by atoms with E-state index in [0.29, 0.717) is 16.4 Å². The van der Waals surface area contributed by atoms with Crippen LogP contribution in [0.1, 0.15) is 6.42 Å². The van der Waals surface area contributed by atoms with Crippen LogP contribution in [0, 0.1) is 0 Å². The molecule has 0 bridgehead atoms. The molecule has 1 aliphatic heterocycles. The minimum Gasteiger partial charge on any atom is -0.273 e. The van der Waals surface area contributed by atoms with E-state index in [4.69, 9.17) is 23.8 Å². The summed E-state index contributed by atoms with van der Waals surface area (Å²) in [6, 6.07) is 15.8. The van der Waals surface area contributed by atoms with E-state index in [2.05, 4.69) is 0 Å². The van der Waals surface area contributed by atoms with E-state index < -0.39 is 0 Å². The molecule has 0 aromatic heterocycles. The van der Waals surface area contributed by atoms with E-state index in [1.54, 1.807) is 36.4 Å². The molecule has 22 heavy (non-hydrogen) atoms. The van der Waals surface area contributed by atoms with Gasteiger partial charge in [-0.15, -0.1) is 0 Å². The predicted molar refractivity (Wildman–Crippen MR) is 90.1 cm³/mol. The van der Waals surface area contributed by atoms with E-state index in [-0.39, 0.29) is 23.3 Å². The van der Waals surface area contributed by atoms with Crippen molar-refractivity contribution in [2.24, 2.45) is 0 Å². The average Bonchev–Trinajstić information content (AvgIpc) is 2.48. The summed E-state index contributed by atoms with van der Waals surface area (Å²) in [6.07, 6.45) is -0.235. The van der Waals surface area contributed by atoms with E-state index in [1.165, 1.54) is 9.80 Å².